The fraction of sp³-hybridized carbons (Fsp3) is 0.926. The number of amides is 2. The number of nitrogens with zero attached hydrogens (tertiary/aromatic N) is 4. The molecule has 0 aliphatic rings. The van der Waals surface area contributed by atoms with Crippen LogP contribution in [-0.2, 0) is 9.59 Å². The molecule has 0 heterocycles. The highest BCUT2D eigenvalue weighted by molar-refractivity contribution is 5.77. The first kappa shape index (κ1) is 58.4. The van der Waals surface area contributed by atoms with Crippen LogP contribution < -0.4 is 0 Å². The molecule has 0 unspecified atom stereocenters. The van der Waals surface area contributed by atoms with Crippen molar-refractivity contribution in [3.63, 3.8) is 0 Å². The summed E-state index contributed by atoms with van der Waals surface area (Å²) < 4.78 is 0. The molecule has 0 aromatic heterocycles. The van der Waals surface area contributed by atoms with Crippen molar-refractivity contribution >= 4 is 11.8 Å². The highest BCUT2D eigenvalue weighted by Gasteiger charge is 2.21. The molecule has 6 nitrogen and oxygen atoms in total. The number of carbonyl (C=O) groups is 2. The molecule has 0 saturated heterocycles. The first-order chi connectivity index (χ1) is 29.3. The van der Waals surface area contributed by atoms with Gasteiger partial charge in [0.2, 0.25) is 11.8 Å². The maximum absolute atomic E-state index is 13.7. The fourth-order valence-electron chi connectivity index (χ4n) is 8.75. The number of rotatable bonds is 44. The van der Waals surface area contributed by atoms with Gasteiger partial charge in [-0.2, -0.15) is 0 Å². The van der Waals surface area contributed by atoms with Gasteiger partial charge in [0.1, 0.15) is 0 Å². The molecule has 0 aliphatic carbocycles. The van der Waals surface area contributed by atoms with Gasteiger partial charge in [0.15, 0.2) is 0 Å². The second-order valence-corrected chi connectivity index (χ2v) is 18.4. The van der Waals surface area contributed by atoms with Gasteiger partial charge in [-0.25, -0.2) is 0 Å². The van der Waals surface area contributed by atoms with Crippen molar-refractivity contribution < 1.29 is 9.59 Å². The van der Waals surface area contributed by atoms with Gasteiger partial charge in [-0.05, 0) is 91.6 Å². The minimum absolute atomic E-state index is 0.164. The molecule has 60 heavy (non-hydrogen) atoms. The summed E-state index contributed by atoms with van der Waals surface area (Å²) in [5.41, 5.74) is 0. The fourth-order valence-corrected chi connectivity index (χ4v) is 8.75. The maximum atomic E-state index is 13.7. The average Bonchev–Trinajstić information content (AvgIpc) is 3.25. The van der Waals surface area contributed by atoms with Crippen LogP contribution in [0, 0.1) is 11.8 Å². The Labute approximate surface area is 376 Å². The molecule has 0 fully saturated rings. The zero-order chi connectivity index (χ0) is 44.3. The van der Waals surface area contributed by atoms with Crippen LogP contribution in [-0.4, -0.2) is 95.9 Å². The summed E-state index contributed by atoms with van der Waals surface area (Å²) in [6.45, 7) is 25.3. The van der Waals surface area contributed by atoms with Crippen LogP contribution in [0.15, 0.2) is 0 Å². The number of hydrogen-bond donors (Lipinski definition) is 0. The van der Waals surface area contributed by atoms with Gasteiger partial charge in [-0.3, -0.25) is 9.59 Å². The molecular formula is C54H106N4O2. The van der Waals surface area contributed by atoms with Crippen LogP contribution in [0.5, 0.6) is 0 Å². The first-order valence-corrected chi connectivity index (χ1v) is 26.8. The van der Waals surface area contributed by atoms with Crippen LogP contribution in [0.1, 0.15) is 261 Å². The van der Waals surface area contributed by atoms with Crippen molar-refractivity contribution in [1.82, 2.24) is 19.6 Å². The van der Waals surface area contributed by atoms with Crippen molar-refractivity contribution in [2.45, 2.75) is 273 Å². The van der Waals surface area contributed by atoms with Gasteiger partial charge < -0.3 is 19.6 Å². The quantitative estimate of drug-likeness (QED) is 0.0453. The molecule has 0 spiro atoms. The summed E-state index contributed by atoms with van der Waals surface area (Å²) in [6, 6.07) is 0.327. The standard InChI is InChI=1S/C54H106N4O2/c1-9-15-17-19-21-23-25-27-29-31-33-35-37-45-53(59)57(51(7)43-41-47-55(11-3)12-4)49-39-40-50-58(52(8)44-42-48-56(13-5)14-6)54(60)46-38-36-34-32-30-28-26-24-22-20-18-16-10-2/h51-52H,9-38,41-50H2,1-8H3/t51-,52-/m0/s1. The molecular weight excluding hydrogens is 737 g/mol. The summed E-state index contributed by atoms with van der Waals surface area (Å²) in [5.74, 6) is 7.33. The van der Waals surface area contributed by atoms with Gasteiger partial charge in [0, 0.05) is 24.9 Å². The van der Waals surface area contributed by atoms with Crippen LogP contribution in [0.3, 0.4) is 0 Å². The van der Waals surface area contributed by atoms with E-state index in [0.717, 1.165) is 90.6 Å². The zero-order valence-corrected chi connectivity index (χ0v) is 42.0. The lowest BCUT2D eigenvalue weighted by Gasteiger charge is -2.29. The van der Waals surface area contributed by atoms with E-state index in [1.54, 1.807) is 0 Å². The van der Waals surface area contributed by atoms with E-state index in [4.69, 9.17) is 0 Å². The Hall–Kier alpha value is -1.58. The van der Waals surface area contributed by atoms with Crippen LogP contribution in [0.2, 0.25) is 0 Å². The Morgan fingerprint density at radius 2 is 0.617 bits per heavy atom. The van der Waals surface area contributed by atoms with Gasteiger partial charge in [0.25, 0.3) is 0 Å². The normalized spacial score (nSPS) is 12.5. The minimum Gasteiger partial charge on any atom is -0.329 e. The van der Waals surface area contributed by atoms with Gasteiger partial charge in [-0.15, -0.1) is 0 Å². The van der Waals surface area contributed by atoms with E-state index in [2.05, 4.69) is 86.8 Å². The summed E-state index contributed by atoms with van der Waals surface area (Å²) in [4.78, 5) is 36.5. The molecule has 2 amide bonds. The predicted molar refractivity (Wildman–Crippen MR) is 265 cm³/mol. The van der Waals surface area contributed by atoms with E-state index in [-0.39, 0.29) is 23.9 Å². The topological polar surface area (TPSA) is 47.1 Å². The van der Waals surface area contributed by atoms with Crippen molar-refractivity contribution in [3.05, 3.63) is 0 Å². The first-order valence-electron chi connectivity index (χ1n) is 26.8. The third kappa shape index (κ3) is 34.0. The highest BCUT2D eigenvalue weighted by Crippen LogP contribution is 2.17. The van der Waals surface area contributed by atoms with Crippen molar-refractivity contribution in [2.75, 3.05) is 52.4 Å². The number of unbranched alkanes of at least 4 members (excludes halogenated alkanes) is 24. The van der Waals surface area contributed by atoms with Crippen molar-refractivity contribution in [3.8, 4) is 11.8 Å². The molecule has 0 rings (SSSR count). The zero-order valence-electron chi connectivity index (χ0n) is 42.0. The molecule has 0 bridgehead atoms. The maximum Gasteiger partial charge on any atom is 0.223 e. The minimum atomic E-state index is 0.164. The average molecular weight is 843 g/mol. The van der Waals surface area contributed by atoms with Gasteiger partial charge >= 0.3 is 0 Å². The number of carbonyl (C=O) groups excluding carboxylic acids is 2. The molecule has 0 N–H and O–H groups in total. The summed E-state index contributed by atoms with van der Waals surface area (Å²) >= 11 is 0. The van der Waals surface area contributed by atoms with E-state index < -0.39 is 0 Å². The smallest absolute Gasteiger partial charge is 0.223 e. The second kappa shape index (κ2) is 44.0. The molecule has 354 valence electrons. The Kier molecular flexibility index (Phi) is 42.9. The Morgan fingerprint density at radius 3 is 0.867 bits per heavy atom. The summed E-state index contributed by atoms with van der Waals surface area (Å²) in [5, 5.41) is 0. The molecule has 0 saturated carbocycles. The van der Waals surface area contributed by atoms with E-state index in [1.807, 2.05) is 0 Å². The Morgan fingerprint density at radius 1 is 0.367 bits per heavy atom. The van der Waals surface area contributed by atoms with Crippen molar-refractivity contribution in [2.24, 2.45) is 0 Å². The predicted octanol–water partition coefficient (Wildman–Crippen LogP) is 14.6. The molecule has 0 aromatic carbocycles. The lowest BCUT2D eigenvalue weighted by molar-refractivity contribution is -0.133. The molecule has 6 heteroatoms. The third-order valence-corrected chi connectivity index (χ3v) is 13.3. The molecule has 0 aliphatic heterocycles. The summed E-state index contributed by atoms with van der Waals surface area (Å²) in [6.07, 6.45) is 39.5. The Bertz CT molecular complexity index is 923. The largest absolute Gasteiger partial charge is 0.329 e. The Balaban J connectivity index is 5.19. The summed E-state index contributed by atoms with van der Waals surface area (Å²) in [7, 11) is 0. The van der Waals surface area contributed by atoms with Crippen LogP contribution in [0.4, 0.5) is 0 Å². The van der Waals surface area contributed by atoms with Crippen molar-refractivity contribution in [1.29, 1.82) is 0 Å². The van der Waals surface area contributed by atoms with E-state index in [1.165, 1.54) is 141 Å². The second-order valence-electron chi connectivity index (χ2n) is 18.4. The lowest BCUT2D eigenvalue weighted by Crippen LogP contribution is -2.40. The number of hydrogen-bond acceptors (Lipinski definition) is 4. The molecule has 0 aromatic rings. The lowest BCUT2D eigenvalue weighted by atomic mass is 10.0. The van der Waals surface area contributed by atoms with Crippen LogP contribution in [0.25, 0.3) is 0 Å². The van der Waals surface area contributed by atoms with E-state index >= 15 is 0 Å². The van der Waals surface area contributed by atoms with Gasteiger partial charge in [0.05, 0.1) is 13.1 Å². The van der Waals surface area contributed by atoms with Crippen LogP contribution >= 0.6 is 0 Å². The van der Waals surface area contributed by atoms with Gasteiger partial charge in [-0.1, -0.05) is 207 Å². The van der Waals surface area contributed by atoms with E-state index in [0.29, 0.717) is 25.9 Å². The monoisotopic (exact) mass is 843 g/mol. The SMILES string of the molecule is CCCCCCCCCCCCCCCC(=O)N(CC#CCN(C(=O)CCCCCCCCCCCCCCC)[C@@H](C)CCCN(CC)CC)[C@@H](C)CCCN(CC)CC. The molecule has 2 atom stereocenters. The van der Waals surface area contributed by atoms with E-state index in [9.17, 15) is 9.59 Å². The molecule has 0 radical (unpaired) electrons. The highest BCUT2D eigenvalue weighted by atomic mass is 16.2. The third-order valence-electron chi connectivity index (χ3n) is 13.3.